The van der Waals surface area contributed by atoms with Crippen LogP contribution in [0, 0.1) is 0 Å². The minimum absolute atomic E-state index is 0.234. The fraction of sp³-hybridized carbons (Fsp3) is 0.478. The van der Waals surface area contributed by atoms with Gasteiger partial charge in [-0.05, 0) is 43.9 Å². The van der Waals surface area contributed by atoms with E-state index in [4.69, 9.17) is 14.5 Å². The molecule has 9 nitrogen and oxygen atoms in total. The third-order valence-corrected chi connectivity index (χ3v) is 6.13. The molecule has 0 bridgehead atoms. The average Bonchev–Trinajstić information content (AvgIpc) is 3.23. The average molecular weight is 436 g/mol. The number of ether oxygens (including phenoxy) is 2. The molecule has 2 aliphatic rings. The summed E-state index contributed by atoms with van der Waals surface area (Å²) >= 11 is 0. The number of nitrogens with one attached hydrogen (secondary N) is 2. The highest BCUT2D eigenvalue weighted by atomic mass is 16.5. The topological polar surface area (TPSA) is 98.0 Å². The molecule has 1 saturated heterocycles. The van der Waals surface area contributed by atoms with Crippen molar-refractivity contribution in [3.8, 4) is 11.1 Å². The number of hydrogen-bond donors (Lipinski definition) is 2. The van der Waals surface area contributed by atoms with E-state index in [1.165, 1.54) is 0 Å². The first kappa shape index (κ1) is 21.0. The summed E-state index contributed by atoms with van der Waals surface area (Å²) in [6, 6.07) is 4.98. The van der Waals surface area contributed by atoms with E-state index in [9.17, 15) is 0 Å². The van der Waals surface area contributed by atoms with Gasteiger partial charge in [-0.3, -0.25) is 0 Å². The van der Waals surface area contributed by atoms with Crippen LogP contribution >= 0.6 is 0 Å². The first-order valence-corrected chi connectivity index (χ1v) is 11.2. The summed E-state index contributed by atoms with van der Waals surface area (Å²) in [6.07, 6.45) is 8.67. The first-order valence-electron chi connectivity index (χ1n) is 11.2. The lowest BCUT2D eigenvalue weighted by Gasteiger charge is -2.30. The molecule has 168 valence electrons. The molecule has 9 heteroatoms. The number of hydrogen-bond acceptors (Lipinski definition) is 8. The quantitative estimate of drug-likeness (QED) is 0.551. The Balaban J connectivity index is 1.37. The third-order valence-electron chi connectivity index (χ3n) is 6.13. The standard InChI is InChI=1S/C23H29N7O2/c1-15-20(28-18-4-8-32-9-5-18)12-16-11-17(13-25-22(16)27-15)19-3-7-30-21(19)14-26-23(29-30)24-6-10-31-2/h3,7,11,13-14,18,20,28H,4-6,8-10,12H2,1-2H3,(H,24,29). The molecule has 3 aromatic heterocycles. The second-order valence-electron chi connectivity index (χ2n) is 8.33. The van der Waals surface area contributed by atoms with Crippen LogP contribution in [0.4, 0.5) is 11.8 Å². The second kappa shape index (κ2) is 9.32. The molecular weight excluding hydrogens is 406 g/mol. The molecule has 32 heavy (non-hydrogen) atoms. The van der Waals surface area contributed by atoms with Gasteiger partial charge in [-0.15, -0.1) is 5.10 Å². The minimum Gasteiger partial charge on any atom is -0.383 e. The van der Waals surface area contributed by atoms with Crippen LogP contribution in [-0.4, -0.2) is 70.9 Å². The molecule has 0 aromatic carbocycles. The van der Waals surface area contributed by atoms with Gasteiger partial charge in [-0.25, -0.2) is 19.5 Å². The molecule has 5 rings (SSSR count). The van der Waals surface area contributed by atoms with Crippen LogP contribution in [-0.2, 0) is 15.9 Å². The third kappa shape index (κ3) is 4.36. The molecule has 1 unspecified atom stereocenters. The Labute approximate surface area is 187 Å². The zero-order valence-corrected chi connectivity index (χ0v) is 18.5. The van der Waals surface area contributed by atoms with Gasteiger partial charge in [0.2, 0.25) is 5.95 Å². The zero-order chi connectivity index (χ0) is 21.9. The van der Waals surface area contributed by atoms with Crippen molar-refractivity contribution in [2.45, 2.75) is 38.3 Å². The summed E-state index contributed by atoms with van der Waals surface area (Å²) in [5.41, 5.74) is 5.31. The smallest absolute Gasteiger partial charge is 0.241 e. The normalized spacial score (nSPS) is 19.1. The summed E-state index contributed by atoms with van der Waals surface area (Å²) in [4.78, 5) is 13.9. The number of aromatic nitrogens is 4. The van der Waals surface area contributed by atoms with E-state index >= 15 is 0 Å². The van der Waals surface area contributed by atoms with E-state index in [2.05, 4.69) is 44.8 Å². The van der Waals surface area contributed by atoms with Gasteiger partial charge in [-0.2, -0.15) is 0 Å². The molecule has 0 aliphatic carbocycles. The molecule has 3 aromatic rings. The summed E-state index contributed by atoms with van der Waals surface area (Å²) < 4.78 is 12.4. The van der Waals surface area contributed by atoms with E-state index in [1.807, 2.05) is 23.1 Å². The van der Waals surface area contributed by atoms with Gasteiger partial charge in [0, 0.05) is 68.2 Å². The largest absolute Gasteiger partial charge is 0.383 e. The van der Waals surface area contributed by atoms with Crippen molar-refractivity contribution in [1.29, 1.82) is 0 Å². The van der Waals surface area contributed by atoms with E-state index in [-0.39, 0.29) is 6.04 Å². The summed E-state index contributed by atoms with van der Waals surface area (Å²) in [7, 11) is 1.67. The Morgan fingerprint density at radius 2 is 2.09 bits per heavy atom. The highest BCUT2D eigenvalue weighted by molar-refractivity contribution is 5.92. The van der Waals surface area contributed by atoms with Crippen molar-refractivity contribution in [2.24, 2.45) is 4.99 Å². The monoisotopic (exact) mass is 435 g/mol. The zero-order valence-electron chi connectivity index (χ0n) is 18.5. The van der Waals surface area contributed by atoms with Crippen molar-refractivity contribution >= 4 is 23.0 Å². The van der Waals surface area contributed by atoms with Gasteiger partial charge in [0.25, 0.3) is 0 Å². The predicted molar refractivity (Wildman–Crippen MR) is 124 cm³/mol. The van der Waals surface area contributed by atoms with Gasteiger partial charge in [-0.1, -0.05) is 0 Å². The highest BCUT2D eigenvalue weighted by Crippen LogP contribution is 2.31. The lowest BCUT2D eigenvalue weighted by molar-refractivity contribution is 0.0767. The molecule has 0 amide bonds. The van der Waals surface area contributed by atoms with Crippen LogP contribution in [0.5, 0.6) is 0 Å². The van der Waals surface area contributed by atoms with Crippen molar-refractivity contribution < 1.29 is 9.47 Å². The van der Waals surface area contributed by atoms with Crippen LogP contribution in [0.15, 0.2) is 35.7 Å². The number of aliphatic imine (C=N–C) groups is 1. The molecular formula is C23H29N7O2. The minimum atomic E-state index is 0.234. The van der Waals surface area contributed by atoms with Crippen LogP contribution < -0.4 is 10.6 Å². The summed E-state index contributed by atoms with van der Waals surface area (Å²) in [5, 5.41) is 11.5. The van der Waals surface area contributed by atoms with E-state index in [1.54, 1.807) is 7.11 Å². The van der Waals surface area contributed by atoms with E-state index in [0.29, 0.717) is 25.1 Å². The lowest BCUT2D eigenvalue weighted by Crippen LogP contribution is -2.47. The molecule has 0 radical (unpaired) electrons. The van der Waals surface area contributed by atoms with Crippen molar-refractivity contribution in [3.63, 3.8) is 0 Å². The fourth-order valence-corrected chi connectivity index (χ4v) is 4.33. The second-order valence-corrected chi connectivity index (χ2v) is 8.33. The van der Waals surface area contributed by atoms with Crippen LogP contribution in [0.25, 0.3) is 16.6 Å². The molecule has 1 fully saturated rings. The Morgan fingerprint density at radius 3 is 2.94 bits per heavy atom. The van der Waals surface area contributed by atoms with Gasteiger partial charge < -0.3 is 20.1 Å². The lowest BCUT2D eigenvalue weighted by atomic mass is 9.95. The molecule has 2 aliphatic heterocycles. The molecule has 0 saturated carbocycles. The van der Waals surface area contributed by atoms with Gasteiger partial charge in [0.15, 0.2) is 5.82 Å². The Hall–Kier alpha value is -2.88. The Kier molecular flexibility index (Phi) is 6.11. The number of methoxy groups -OCH3 is 1. The number of pyridine rings is 1. The van der Waals surface area contributed by atoms with Gasteiger partial charge in [0.05, 0.1) is 18.3 Å². The van der Waals surface area contributed by atoms with Crippen LogP contribution in [0.3, 0.4) is 0 Å². The summed E-state index contributed by atoms with van der Waals surface area (Å²) in [6.45, 7) is 5.01. The maximum Gasteiger partial charge on any atom is 0.241 e. The summed E-state index contributed by atoms with van der Waals surface area (Å²) in [5.74, 6) is 1.40. The molecule has 1 atom stereocenters. The van der Waals surface area contributed by atoms with Gasteiger partial charge in [0.1, 0.15) is 0 Å². The molecule has 2 N–H and O–H groups in total. The number of anilines is 1. The predicted octanol–water partition coefficient (Wildman–Crippen LogP) is 2.64. The maximum absolute atomic E-state index is 5.49. The Bertz CT molecular complexity index is 1120. The van der Waals surface area contributed by atoms with Crippen LogP contribution in [0.1, 0.15) is 25.3 Å². The molecule has 0 spiro atoms. The molecule has 5 heterocycles. The van der Waals surface area contributed by atoms with E-state index in [0.717, 1.165) is 66.2 Å². The number of fused-ring (bicyclic) bond motifs is 2. The Morgan fingerprint density at radius 1 is 1.22 bits per heavy atom. The fourth-order valence-electron chi connectivity index (χ4n) is 4.33. The van der Waals surface area contributed by atoms with Crippen molar-refractivity contribution in [2.75, 3.05) is 38.8 Å². The highest BCUT2D eigenvalue weighted by Gasteiger charge is 2.25. The SMILES string of the molecule is COCCNc1ncc2c(-c3cnc4c(c3)CC(NC3CCOCC3)C(C)=N4)ccn2n1. The first-order chi connectivity index (χ1) is 15.7. The van der Waals surface area contributed by atoms with Crippen LogP contribution in [0.2, 0.25) is 0 Å². The van der Waals surface area contributed by atoms with Gasteiger partial charge >= 0.3 is 0 Å². The maximum atomic E-state index is 5.49. The van der Waals surface area contributed by atoms with Crippen molar-refractivity contribution in [3.05, 3.63) is 36.3 Å². The number of rotatable bonds is 7. The van der Waals surface area contributed by atoms with E-state index < -0.39 is 0 Å². The number of nitrogens with zero attached hydrogens (tertiary/aromatic N) is 5. The van der Waals surface area contributed by atoms with Crippen molar-refractivity contribution in [1.82, 2.24) is 24.9 Å².